The molecular formula is C20H37N5OS. The van der Waals surface area contributed by atoms with Gasteiger partial charge in [0.1, 0.15) is 0 Å². The zero-order valence-electron chi connectivity index (χ0n) is 17.1. The number of nitrogens with one attached hydrogen (secondary N) is 2. The van der Waals surface area contributed by atoms with E-state index in [-0.39, 0.29) is 5.92 Å². The zero-order valence-corrected chi connectivity index (χ0v) is 17.9. The summed E-state index contributed by atoms with van der Waals surface area (Å²) >= 11 is 1.96. The second-order valence-electron chi connectivity index (χ2n) is 8.35. The molecule has 3 fully saturated rings. The Morgan fingerprint density at radius 2 is 1.85 bits per heavy atom. The standard InChI is InChI=1S/C20H37N5OS/c1-21-20(22-14-16-4-3-9-24(2)15-16)23-18-7-5-17(6-8-18)19(26)25-10-12-27-13-11-25/h16-18H,3-15H2,1-2H3,(H2,21,22,23). The molecule has 3 rings (SSSR count). The van der Waals surface area contributed by atoms with Gasteiger partial charge in [0.25, 0.3) is 0 Å². The number of carbonyl (C=O) groups excluding carboxylic acids is 1. The summed E-state index contributed by atoms with van der Waals surface area (Å²) in [5.41, 5.74) is 0. The number of nitrogens with zero attached hydrogens (tertiary/aromatic N) is 3. The molecule has 0 radical (unpaired) electrons. The highest BCUT2D eigenvalue weighted by molar-refractivity contribution is 7.99. The van der Waals surface area contributed by atoms with Gasteiger partial charge in [0.2, 0.25) is 5.91 Å². The smallest absolute Gasteiger partial charge is 0.225 e. The minimum Gasteiger partial charge on any atom is -0.356 e. The van der Waals surface area contributed by atoms with Gasteiger partial charge < -0.3 is 20.4 Å². The molecule has 0 aromatic carbocycles. The van der Waals surface area contributed by atoms with Crippen LogP contribution in [-0.2, 0) is 4.79 Å². The molecule has 1 aliphatic carbocycles. The number of aliphatic imine (C=N–C) groups is 1. The van der Waals surface area contributed by atoms with Gasteiger partial charge in [-0.25, -0.2) is 0 Å². The number of carbonyl (C=O) groups is 1. The van der Waals surface area contributed by atoms with Crippen LogP contribution in [0.4, 0.5) is 0 Å². The zero-order chi connectivity index (χ0) is 19.1. The molecule has 3 aliphatic rings. The van der Waals surface area contributed by atoms with Crippen molar-refractivity contribution in [2.75, 3.05) is 58.3 Å². The summed E-state index contributed by atoms with van der Waals surface area (Å²) in [6, 6.07) is 0.436. The van der Waals surface area contributed by atoms with Crippen molar-refractivity contribution in [2.24, 2.45) is 16.8 Å². The highest BCUT2D eigenvalue weighted by atomic mass is 32.2. The molecule has 0 aromatic heterocycles. The van der Waals surface area contributed by atoms with Gasteiger partial charge >= 0.3 is 0 Å². The molecule has 7 heteroatoms. The number of hydrogen-bond acceptors (Lipinski definition) is 4. The lowest BCUT2D eigenvalue weighted by molar-refractivity contribution is -0.136. The fraction of sp³-hybridized carbons (Fsp3) is 0.900. The molecule has 0 bridgehead atoms. The number of rotatable bonds is 4. The fourth-order valence-corrected chi connectivity index (χ4v) is 5.50. The molecule has 1 unspecified atom stereocenters. The monoisotopic (exact) mass is 395 g/mol. The van der Waals surface area contributed by atoms with Crippen molar-refractivity contribution in [2.45, 2.75) is 44.6 Å². The molecule has 2 aliphatic heterocycles. The van der Waals surface area contributed by atoms with Crippen molar-refractivity contribution in [3.8, 4) is 0 Å². The average molecular weight is 396 g/mol. The third kappa shape index (κ3) is 6.28. The topological polar surface area (TPSA) is 60.0 Å². The Morgan fingerprint density at radius 3 is 2.52 bits per heavy atom. The first-order chi connectivity index (χ1) is 13.2. The molecule has 0 spiro atoms. The van der Waals surface area contributed by atoms with Crippen LogP contribution in [0.2, 0.25) is 0 Å². The lowest BCUT2D eigenvalue weighted by atomic mass is 9.85. The van der Waals surface area contributed by atoms with Crippen LogP contribution in [-0.4, -0.2) is 86.0 Å². The van der Waals surface area contributed by atoms with Crippen molar-refractivity contribution >= 4 is 23.6 Å². The molecule has 1 saturated carbocycles. The van der Waals surface area contributed by atoms with E-state index in [9.17, 15) is 4.79 Å². The second-order valence-corrected chi connectivity index (χ2v) is 9.58. The highest BCUT2D eigenvalue weighted by Gasteiger charge is 2.30. The van der Waals surface area contributed by atoms with Gasteiger partial charge in [-0.2, -0.15) is 11.8 Å². The van der Waals surface area contributed by atoms with E-state index in [4.69, 9.17) is 0 Å². The van der Waals surface area contributed by atoms with Crippen LogP contribution >= 0.6 is 11.8 Å². The van der Waals surface area contributed by atoms with Crippen LogP contribution in [0.25, 0.3) is 0 Å². The molecule has 27 heavy (non-hydrogen) atoms. The van der Waals surface area contributed by atoms with Gasteiger partial charge in [-0.1, -0.05) is 0 Å². The van der Waals surface area contributed by atoms with Gasteiger partial charge in [-0.15, -0.1) is 0 Å². The van der Waals surface area contributed by atoms with E-state index in [1.165, 1.54) is 25.9 Å². The maximum Gasteiger partial charge on any atom is 0.225 e. The SMILES string of the molecule is CN=C(NCC1CCCN(C)C1)NC1CCC(C(=O)N2CCSCC2)CC1. The molecule has 1 amide bonds. The number of amides is 1. The normalized spacial score (nSPS) is 30.8. The van der Waals surface area contributed by atoms with E-state index in [0.717, 1.165) is 62.8 Å². The number of guanidine groups is 1. The predicted molar refractivity (Wildman–Crippen MR) is 114 cm³/mol. The Labute approximate surface area is 168 Å². The highest BCUT2D eigenvalue weighted by Crippen LogP contribution is 2.27. The van der Waals surface area contributed by atoms with Gasteiger partial charge in [-0.3, -0.25) is 9.79 Å². The van der Waals surface area contributed by atoms with Crippen molar-refractivity contribution in [1.29, 1.82) is 0 Å². The van der Waals surface area contributed by atoms with E-state index in [1.54, 1.807) is 0 Å². The molecule has 6 nitrogen and oxygen atoms in total. The van der Waals surface area contributed by atoms with E-state index in [1.807, 2.05) is 18.8 Å². The Kier molecular flexibility index (Phi) is 8.12. The Balaban J connectivity index is 1.37. The minimum absolute atomic E-state index is 0.235. The van der Waals surface area contributed by atoms with Crippen molar-refractivity contribution in [1.82, 2.24) is 20.4 Å². The van der Waals surface area contributed by atoms with E-state index < -0.39 is 0 Å². The minimum atomic E-state index is 0.235. The summed E-state index contributed by atoms with van der Waals surface area (Å²) in [7, 11) is 4.06. The third-order valence-corrected chi connectivity index (χ3v) is 7.19. The summed E-state index contributed by atoms with van der Waals surface area (Å²) in [6.07, 6.45) is 6.73. The van der Waals surface area contributed by atoms with E-state index in [2.05, 4.69) is 32.5 Å². The van der Waals surface area contributed by atoms with Crippen LogP contribution in [0.1, 0.15) is 38.5 Å². The number of likely N-dealkylation sites (tertiary alicyclic amines) is 1. The Hall–Kier alpha value is -0.950. The largest absolute Gasteiger partial charge is 0.356 e. The van der Waals surface area contributed by atoms with Gasteiger partial charge in [0.05, 0.1) is 0 Å². The first-order valence-corrected chi connectivity index (χ1v) is 11.8. The number of hydrogen-bond donors (Lipinski definition) is 2. The van der Waals surface area contributed by atoms with Crippen LogP contribution in [0.15, 0.2) is 4.99 Å². The van der Waals surface area contributed by atoms with E-state index >= 15 is 0 Å². The maximum absolute atomic E-state index is 12.7. The summed E-state index contributed by atoms with van der Waals surface area (Å²) < 4.78 is 0. The quantitative estimate of drug-likeness (QED) is 0.560. The van der Waals surface area contributed by atoms with Crippen LogP contribution in [0.5, 0.6) is 0 Å². The summed E-state index contributed by atoms with van der Waals surface area (Å²) in [5.74, 6) is 4.46. The van der Waals surface area contributed by atoms with E-state index in [0.29, 0.717) is 17.9 Å². The lowest BCUT2D eigenvalue weighted by Crippen LogP contribution is -2.49. The van der Waals surface area contributed by atoms with Crippen LogP contribution < -0.4 is 10.6 Å². The maximum atomic E-state index is 12.7. The molecule has 2 saturated heterocycles. The molecule has 0 aromatic rings. The van der Waals surface area contributed by atoms with Gasteiger partial charge in [0.15, 0.2) is 5.96 Å². The molecular weight excluding hydrogens is 358 g/mol. The van der Waals surface area contributed by atoms with Crippen LogP contribution in [0, 0.1) is 11.8 Å². The molecule has 154 valence electrons. The predicted octanol–water partition coefficient (Wildman–Crippen LogP) is 1.63. The third-order valence-electron chi connectivity index (χ3n) is 6.24. The number of thioether (sulfide) groups is 1. The van der Waals surface area contributed by atoms with Crippen molar-refractivity contribution in [3.63, 3.8) is 0 Å². The summed E-state index contributed by atoms with van der Waals surface area (Å²) in [4.78, 5) is 21.6. The first-order valence-electron chi connectivity index (χ1n) is 10.7. The molecule has 2 N–H and O–H groups in total. The van der Waals surface area contributed by atoms with Gasteiger partial charge in [-0.05, 0) is 58.0 Å². The van der Waals surface area contributed by atoms with Crippen LogP contribution in [0.3, 0.4) is 0 Å². The van der Waals surface area contributed by atoms with Crippen molar-refractivity contribution in [3.05, 3.63) is 0 Å². The summed E-state index contributed by atoms with van der Waals surface area (Å²) in [5, 5.41) is 7.12. The molecule has 2 heterocycles. The number of piperidine rings is 1. The second kappa shape index (κ2) is 10.6. The fourth-order valence-electron chi connectivity index (χ4n) is 4.60. The first kappa shape index (κ1) is 20.8. The van der Waals surface area contributed by atoms with Gasteiger partial charge in [0, 0.05) is 56.7 Å². The Morgan fingerprint density at radius 1 is 1.11 bits per heavy atom. The average Bonchev–Trinajstić information content (AvgIpc) is 2.72. The Bertz CT molecular complexity index is 501. The van der Waals surface area contributed by atoms with Crippen molar-refractivity contribution < 1.29 is 4.79 Å². The lowest BCUT2D eigenvalue weighted by Gasteiger charge is -2.34. The summed E-state index contributed by atoms with van der Waals surface area (Å²) in [6.45, 7) is 5.27. The molecule has 1 atom stereocenters.